The Kier molecular flexibility index (Phi) is 2.42. The zero-order chi connectivity index (χ0) is 9.30. The molecule has 1 aromatic rings. The Balaban J connectivity index is 3.33. The first-order valence-electron chi connectivity index (χ1n) is 3.04. The molecule has 0 heterocycles. The normalized spacial score (nSPS) is 12.9. The fraction of sp³-hybridized carbons (Fsp3) is 0.143. The van der Waals surface area contributed by atoms with Gasteiger partial charge in [0.1, 0.15) is 5.82 Å². The average Bonchev–Trinajstić information content (AvgIpc) is 1.96. The molecular weight excluding hydrogens is 186 g/mol. The average molecular weight is 192 g/mol. The highest BCUT2D eigenvalue weighted by Gasteiger charge is 2.11. The minimum Gasteiger partial charge on any atom is -0.505 e. The van der Waals surface area contributed by atoms with E-state index in [1.165, 1.54) is 6.26 Å². The standard InChI is InChI=1S/C7H6F2O2S/c1-12(11)7-3-4(8)6(10)2-5(7)9/h2-3,10H,1H3. The molecule has 0 spiro atoms. The van der Waals surface area contributed by atoms with Crippen LogP contribution in [0.1, 0.15) is 0 Å². The zero-order valence-corrected chi connectivity index (χ0v) is 6.99. The molecule has 0 amide bonds. The van der Waals surface area contributed by atoms with Crippen molar-refractivity contribution in [1.29, 1.82) is 0 Å². The summed E-state index contributed by atoms with van der Waals surface area (Å²) in [6.07, 6.45) is 1.23. The molecule has 0 aliphatic rings. The molecule has 0 fully saturated rings. The highest BCUT2D eigenvalue weighted by molar-refractivity contribution is 7.84. The molecule has 0 bridgehead atoms. The SMILES string of the molecule is CS(=O)c1cc(F)c(O)cc1F. The number of phenolic OH excluding ortho intramolecular Hbond substituents is 1. The number of hydrogen-bond donors (Lipinski definition) is 1. The zero-order valence-electron chi connectivity index (χ0n) is 6.17. The van der Waals surface area contributed by atoms with Gasteiger partial charge in [-0.1, -0.05) is 0 Å². The van der Waals surface area contributed by atoms with Crippen molar-refractivity contribution in [1.82, 2.24) is 0 Å². The van der Waals surface area contributed by atoms with Gasteiger partial charge in [-0.15, -0.1) is 0 Å². The third-order valence-electron chi connectivity index (χ3n) is 1.31. The summed E-state index contributed by atoms with van der Waals surface area (Å²) in [6, 6.07) is 1.33. The minimum absolute atomic E-state index is 0.245. The number of benzene rings is 1. The first-order chi connectivity index (χ1) is 5.52. The largest absolute Gasteiger partial charge is 0.505 e. The van der Waals surface area contributed by atoms with Crippen LogP contribution in [0.15, 0.2) is 17.0 Å². The lowest BCUT2D eigenvalue weighted by Crippen LogP contribution is -1.94. The third-order valence-corrected chi connectivity index (χ3v) is 2.24. The van der Waals surface area contributed by atoms with Gasteiger partial charge in [-0.2, -0.15) is 0 Å². The van der Waals surface area contributed by atoms with Crippen LogP contribution < -0.4 is 0 Å². The molecular formula is C7H6F2O2S. The van der Waals surface area contributed by atoms with Crippen molar-refractivity contribution < 1.29 is 18.1 Å². The summed E-state index contributed by atoms with van der Waals surface area (Å²) in [5.74, 6) is -2.61. The summed E-state index contributed by atoms with van der Waals surface area (Å²) in [7, 11) is -1.59. The fourth-order valence-electron chi connectivity index (χ4n) is 0.738. The van der Waals surface area contributed by atoms with Crippen LogP contribution in [0.5, 0.6) is 5.75 Å². The molecule has 0 aliphatic heterocycles. The van der Waals surface area contributed by atoms with Gasteiger partial charge in [-0.25, -0.2) is 8.78 Å². The molecule has 0 aromatic heterocycles. The van der Waals surface area contributed by atoms with Crippen LogP contribution in [0, 0.1) is 11.6 Å². The molecule has 0 radical (unpaired) electrons. The van der Waals surface area contributed by atoms with Gasteiger partial charge in [0.15, 0.2) is 11.6 Å². The molecule has 1 N–H and O–H groups in total. The second-order valence-corrected chi connectivity index (χ2v) is 3.54. The summed E-state index contributed by atoms with van der Waals surface area (Å²) < 4.78 is 36.1. The van der Waals surface area contributed by atoms with E-state index < -0.39 is 28.2 Å². The fourth-order valence-corrected chi connectivity index (χ4v) is 1.34. The smallest absolute Gasteiger partial charge is 0.166 e. The Labute approximate surface area is 70.3 Å². The summed E-state index contributed by atoms with van der Waals surface area (Å²) >= 11 is 0. The summed E-state index contributed by atoms with van der Waals surface area (Å²) in [5, 5.41) is 8.69. The molecule has 66 valence electrons. The predicted molar refractivity (Wildman–Crippen MR) is 40.4 cm³/mol. The predicted octanol–water partition coefficient (Wildman–Crippen LogP) is 1.41. The van der Waals surface area contributed by atoms with E-state index in [1.54, 1.807) is 0 Å². The molecule has 1 aromatic carbocycles. The van der Waals surface area contributed by atoms with E-state index in [1.807, 2.05) is 0 Å². The summed E-state index contributed by atoms with van der Waals surface area (Å²) in [4.78, 5) is -0.245. The van der Waals surface area contributed by atoms with Crippen LogP contribution in [0.2, 0.25) is 0 Å². The lowest BCUT2D eigenvalue weighted by molar-refractivity contribution is 0.423. The van der Waals surface area contributed by atoms with Gasteiger partial charge in [0, 0.05) is 12.3 Å². The molecule has 1 atom stereocenters. The molecule has 1 rings (SSSR count). The molecule has 0 saturated carbocycles. The van der Waals surface area contributed by atoms with Gasteiger partial charge in [-0.05, 0) is 6.07 Å². The van der Waals surface area contributed by atoms with Gasteiger partial charge >= 0.3 is 0 Å². The van der Waals surface area contributed by atoms with Crippen molar-refractivity contribution in [2.75, 3.05) is 6.26 Å². The molecule has 12 heavy (non-hydrogen) atoms. The van der Waals surface area contributed by atoms with Gasteiger partial charge in [-0.3, -0.25) is 4.21 Å². The number of hydrogen-bond acceptors (Lipinski definition) is 2. The Morgan fingerprint density at radius 1 is 1.33 bits per heavy atom. The van der Waals surface area contributed by atoms with Crippen LogP contribution >= 0.6 is 0 Å². The minimum atomic E-state index is -1.59. The van der Waals surface area contributed by atoms with Gasteiger partial charge in [0.05, 0.1) is 15.7 Å². The second kappa shape index (κ2) is 3.18. The van der Waals surface area contributed by atoms with Crippen molar-refractivity contribution in [2.45, 2.75) is 4.90 Å². The van der Waals surface area contributed by atoms with Gasteiger partial charge in [0.2, 0.25) is 0 Å². The maximum Gasteiger partial charge on any atom is 0.166 e. The van der Waals surface area contributed by atoms with E-state index in [4.69, 9.17) is 5.11 Å². The lowest BCUT2D eigenvalue weighted by atomic mass is 10.3. The van der Waals surface area contributed by atoms with Crippen LogP contribution in [0.3, 0.4) is 0 Å². The third kappa shape index (κ3) is 1.61. The molecule has 0 aliphatic carbocycles. The highest BCUT2D eigenvalue weighted by Crippen LogP contribution is 2.21. The van der Waals surface area contributed by atoms with E-state index in [0.29, 0.717) is 6.07 Å². The molecule has 2 nitrogen and oxygen atoms in total. The molecule has 5 heteroatoms. The van der Waals surface area contributed by atoms with E-state index in [-0.39, 0.29) is 4.90 Å². The topological polar surface area (TPSA) is 37.3 Å². The Morgan fingerprint density at radius 3 is 2.42 bits per heavy atom. The van der Waals surface area contributed by atoms with E-state index >= 15 is 0 Å². The van der Waals surface area contributed by atoms with Crippen LogP contribution in [0.4, 0.5) is 8.78 Å². The van der Waals surface area contributed by atoms with Gasteiger partial charge < -0.3 is 5.11 Å². The number of aromatic hydroxyl groups is 1. The van der Waals surface area contributed by atoms with Crippen LogP contribution in [0.25, 0.3) is 0 Å². The number of halogens is 2. The summed E-state index contributed by atoms with van der Waals surface area (Å²) in [5.41, 5.74) is 0. The van der Waals surface area contributed by atoms with Crippen molar-refractivity contribution in [2.24, 2.45) is 0 Å². The highest BCUT2D eigenvalue weighted by atomic mass is 32.2. The maximum atomic E-state index is 12.8. The number of rotatable bonds is 1. The number of phenols is 1. The quantitative estimate of drug-likeness (QED) is 0.730. The second-order valence-electron chi connectivity index (χ2n) is 2.19. The van der Waals surface area contributed by atoms with Crippen LogP contribution in [-0.2, 0) is 10.8 Å². The molecule has 0 saturated heterocycles. The van der Waals surface area contributed by atoms with Crippen molar-refractivity contribution in [3.05, 3.63) is 23.8 Å². The van der Waals surface area contributed by atoms with E-state index in [9.17, 15) is 13.0 Å². The van der Waals surface area contributed by atoms with E-state index in [0.717, 1.165) is 6.07 Å². The first kappa shape index (κ1) is 9.12. The van der Waals surface area contributed by atoms with E-state index in [2.05, 4.69) is 0 Å². The first-order valence-corrected chi connectivity index (χ1v) is 4.59. The molecule has 1 unspecified atom stereocenters. The monoisotopic (exact) mass is 192 g/mol. The van der Waals surface area contributed by atoms with Crippen molar-refractivity contribution in [3.63, 3.8) is 0 Å². The van der Waals surface area contributed by atoms with Gasteiger partial charge in [0.25, 0.3) is 0 Å². The lowest BCUT2D eigenvalue weighted by Gasteiger charge is -2.00. The Bertz CT molecular complexity index is 338. The Morgan fingerprint density at radius 2 is 1.92 bits per heavy atom. The van der Waals surface area contributed by atoms with Crippen LogP contribution in [-0.4, -0.2) is 15.6 Å². The van der Waals surface area contributed by atoms with Crippen molar-refractivity contribution >= 4 is 10.8 Å². The van der Waals surface area contributed by atoms with Crippen molar-refractivity contribution in [3.8, 4) is 5.75 Å². The summed E-state index contributed by atoms with van der Waals surface area (Å²) in [6.45, 7) is 0. The Hall–Kier alpha value is -0.970. The maximum absolute atomic E-state index is 12.8.